The quantitative estimate of drug-likeness (QED) is 0.487. The Hall–Kier alpha value is -2.83. The van der Waals surface area contributed by atoms with Crippen molar-refractivity contribution in [2.45, 2.75) is 44.9 Å². The minimum atomic E-state index is -0.826. The van der Waals surface area contributed by atoms with Crippen molar-refractivity contribution in [2.75, 3.05) is 26.3 Å². The molecule has 0 unspecified atom stereocenters. The van der Waals surface area contributed by atoms with Crippen LogP contribution in [-0.2, 0) is 13.1 Å². The molecule has 0 aliphatic carbocycles. The molecule has 32 heavy (non-hydrogen) atoms. The lowest BCUT2D eigenvalue weighted by Crippen LogP contribution is -2.51. The van der Waals surface area contributed by atoms with Crippen molar-refractivity contribution in [2.24, 2.45) is 0 Å². The molecule has 1 aliphatic rings. The fourth-order valence-corrected chi connectivity index (χ4v) is 4.25. The van der Waals surface area contributed by atoms with Gasteiger partial charge in [0.25, 0.3) is 0 Å². The first-order chi connectivity index (χ1) is 15.6. The van der Waals surface area contributed by atoms with Crippen molar-refractivity contribution in [3.05, 3.63) is 78.4 Å². The van der Waals surface area contributed by atoms with Crippen LogP contribution in [0.1, 0.15) is 30.7 Å². The number of aromatic nitrogens is 2. The van der Waals surface area contributed by atoms with E-state index in [0.717, 1.165) is 56.2 Å². The number of para-hydroxylation sites is 1. The molecule has 0 bridgehead atoms. The fourth-order valence-electron chi connectivity index (χ4n) is 4.25. The number of hydrogen-bond donors (Lipinski definition) is 1. The Morgan fingerprint density at radius 1 is 1.06 bits per heavy atom. The molecule has 1 aromatic heterocycles. The van der Waals surface area contributed by atoms with Gasteiger partial charge in [-0.3, -0.25) is 4.90 Å². The van der Waals surface area contributed by atoms with Crippen LogP contribution in [0.3, 0.4) is 0 Å². The Kier molecular flexibility index (Phi) is 7.45. The number of aryl methyl sites for hydroxylation is 2. The van der Waals surface area contributed by atoms with E-state index in [1.54, 1.807) is 0 Å². The Labute approximate surface area is 190 Å². The van der Waals surface area contributed by atoms with Crippen molar-refractivity contribution < 1.29 is 14.6 Å². The summed E-state index contributed by atoms with van der Waals surface area (Å²) < 4.78 is 14.0. The molecule has 1 N–H and O–H groups in total. The summed E-state index contributed by atoms with van der Waals surface area (Å²) in [5.41, 5.74) is 0.370. The van der Waals surface area contributed by atoms with Gasteiger partial charge >= 0.3 is 0 Å². The zero-order valence-corrected chi connectivity index (χ0v) is 18.8. The minimum Gasteiger partial charge on any atom is -0.494 e. The molecule has 0 amide bonds. The lowest BCUT2D eigenvalue weighted by Gasteiger charge is -2.39. The van der Waals surface area contributed by atoms with Crippen molar-refractivity contribution in [1.29, 1.82) is 0 Å². The lowest BCUT2D eigenvalue weighted by molar-refractivity contribution is -0.0621. The zero-order chi connectivity index (χ0) is 22.2. The summed E-state index contributed by atoms with van der Waals surface area (Å²) in [6, 6.07) is 18.0. The summed E-state index contributed by atoms with van der Waals surface area (Å²) in [5.74, 6) is 2.72. The number of aliphatic hydroxyl groups is 1. The van der Waals surface area contributed by atoms with E-state index in [-0.39, 0.29) is 0 Å². The predicted octanol–water partition coefficient (Wildman–Crippen LogP) is 4.07. The molecule has 0 spiro atoms. The number of imidazole rings is 1. The van der Waals surface area contributed by atoms with E-state index in [1.165, 1.54) is 5.56 Å². The molecule has 6 nitrogen and oxygen atoms in total. The normalized spacial score (nSPS) is 19.1. The highest BCUT2D eigenvalue weighted by Crippen LogP contribution is 2.25. The summed E-state index contributed by atoms with van der Waals surface area (Å²) in [7, 11) is 0. The molecular weight excluding hydrogens is 402 g/mol. The molecule has 170 valence electrons. The van der Waals surface area contributed by atoms with Crippen LogP contribution in [0.25, 0.3) is 0 Å². The van der Waals surface area contributed by atoms with E-state index in [9.17, 15) is 5.11 Å². The zero-order valence-electron chi connectivity index (χ0n) is 18.8. The molecule has 1 atom stereocenters. The second-order valence-corrected chi connectivity index (χ2v) is 8.66. The molecule has 4 rings (SSSR count). The van der Waals surface area contributed by atoms with E-state index in [1.807, 2.05) is 61.8 Å². The maximum atomic E-state index is 11.1. The van der Waals surface area contributed by atoms with E-state index >= 15 is 0 Å². The molecular formula is C26H33N3O3. The van der Waals surface area contributed by atoms with Crippen LogP contribution in [0, 0.1) is 6.92 Å². The summed E-state index contributed by atoms with van der Waals surface area (Å²) >= 11 is 0. The molecule has 1 fully saturated rings. The number of β-amino-alcohol motifs (C(OH)–C–C–N with tert-alkyl or cyclic N) is 1. The molecule has 2 heterocycles. The van der Waals surface area contributed by atoms with Gasteiger partial charge in [-0.1, -0.05) is 30.3 Å². The second kappa shape index (κ2) is 10.7. The first-order valence-corrected chi connectivity index (χ1v) is 11.4. The monoisotopic (exact) mass is 435 g/mol. The number of hydrogen-bond acceptors (Lipinski definition) is 5. The smallest absolute Gasteiger partial charge is 0.119 e. The summed E-state index contributed by atoms with van der Waals surface area (Å²) in [5, 5.41) is 11.1. The van der Waals surface area contributed by atoms with E-state index in [0.29, 0.717) is 19.8 Å². The number of likely N-dealkylation sites (tertiary alicyclic amines) is 1. The maximum absolute atomic E-state index is 11.1. The molecule has 0 saturated carbocycles. The Balaban J connectivity index is 1.25. The SMILES string of the molecule is Cc1nccn1CCCOc1cccc(CN2CCC[C@@](O)(COc3ccccc3)C2)c1. The van der Waals surface area contributed by atoms with Crippen molar-refractivity contribution in [3.8, 4) is 11.5 Å². The summed E-state index contributed by atoms with van der Waals surface area (Å²) in [6.07, 6.45) is 6.48. The first kappa shape index (κ1) is 22.4. The van der Waals surface area contributed by atoms with Crippen LogP contribution >= 0.6 is 0 Å². The number of ether oxygens (including phenoxy) is 2. The average molecular weight is 436 g/mol. The second-order valence-electron chi connectivity index (χ2n) is 8.66. The van der Waals surface area contributed by atoms with Crippen LogP contribution in [-0.4, -0.2) is 51.5 Å². The highest BCUT2D eigenvalue weighted by atomic mass is 16.5. The van der Waals surface area contributed by atoms with Crippen LogP contribution in [0.15, 0.2) is 67.0 Å². The summed E-state index contributed by atoms with van der Waals surface area (Å²) in [4.78, 5) is 6.55. The van der Waals surface area contributed by atoms with E-state index in [4.69, 9.17) is 9.47 Å². The molecule has 0 radical (unpaired) electrons. The largest absolute Gasteiger partial charge is 0.494 e. The highest BCUT2D eigenvalue weighted by Gasteiger charge is 2.34. The predicted molar refractivity (Wildman–Crippen MR) is 125 cm³/mol. The van der Waals surface area contributed by atoms with Crippen molar-refractivity contribution >= 4 is 0 Å². The average Bonchev–Trinajstić information content (AvgIpc) is 3.21. The molecule has 3 aromatic rings. The standard InChI is InChI=1S/C26H33N3O3/c1-22-27-13-16-29(22)15-7-17-31-25-11-5-8-23(18-25)19-28-14-6-12-26(30,20-28)21-32-24-9-3-2-4-10-24/h2-5,8-11,13,16,18,30H,6-7,12,14-15,17,19-21H2,1H3/t26-/m0/s1. The van der Waals surface area contributed by atoms with Gasteiger partial charge in [0.1, 0.15) is 29.5 Å². The van der Waals surface area contributed by atoms with Gasteiger partial charge in [0.2, 0.25) is 0 Å². The number of benzene rings is 2. The van der Waals surface area contributed by atoms with Crippen molar-refractivity contribution in [1.82, 2.24) is 14.5 Å². The molecule has 1 saturated heterocycles. The van der Waals surface area contributed by atoms with Crippen LogP contribution < -0.4 is 9.47 Å². The van der Waals surface area contributed by atoms with Gasteiger partial charge in [0.05, 0.1) is 6.61 Å². The Morgan fingerprint density at radius 2 is 1.91 bits per heavy atom. The highest BCUT2D eigenvalue weighted by molar-refractivity contribution is 5.28. The van der Waals surface area contributed by atoms with Gasteiger partial charge < -0.3 is 19.1 Å². The Bertz CT molecular complexity index is 975. The first-order valence-electron chi connectivity index (χ1n) is 11.4. The van der Waals surface area contributed by atoms with Gasteiger partial charge in [-0.2, -0.15) is 0 Å². The third kappa shape index (κ3) is 6.34. The van der Waals surface area contributed by atoms with Crippen molar-refractivity contribution in [3.63, 3.8) is 0 Å². The summed E-state index contributed by atoms with van der Waals surface area (Å²) in [6.45, 7) is 6.27. The van der Waals surface area contributed by atoms with Gasteiger partial charge in [0.15, 0.2) is 0 Å². The molecule has 1 aliphatic heterocycles. The van der Waals surface area contributed by atoms with Crippen LogP contribution in [0.4, 0.5) is 0 Å². The van der Waals surface area contributed by atoms with Gasteiger partial charge in [-0.15, -0.1) is 0 Å². The van der Waals surface area contributed by atoms with Crippen LogP contribution in [0.5, 0.6) is 11.5 Å². The number of rotatable bonds is 10. The third-order valence-electron chi connectivity index (χ3n) is 5.93. The molecule has 6 heteroatoms. The van der Waals surface area contributed by atoms with Gasteiger partial charge in [0, 0.05) is 32.0 Å². The third-order valence-corrected chi connectivity index (χ3v) is 5.93. The Morgan fingerprint density at radius 3 is 2.72 bits per heavy atom. The van der Waals surface area contributed by atoms with Gasteiger partial charge in [-0.05, 0) is 62.6 Å². The lowest BCUT2D eigenvalue weighted by atomic mass is 9.93. The van der Waals surface area contributed by atoms with E-state index in [2.05, 4.69) is 26.6 Å². The maximum Gasteiger partial charge on any atom is 0.119 e. The number of piperidine rings is 1. The van der Waals surface area contributed by atoms with Crippen LogP contribution in [0.2, 0.25) is 0 Å². The molecule has 2 aromatic carbocycles. The number of nitrogens with zero attached hydrogens (tertiary/aromatic N) is 3. The fraction of sp³-hybridized carbons (Fsp3) is 0.423. The van der Waals surface area contributed by atoms with E-state index < -0.39 is 5.60 Å². The topological polar surface area (TPSA) is 59.8 Å². The minimum absolute atomic E-state index is 0.313. The van der Waals surface area contributed by atoms with Gasteiger partial charge in [-0.25, -0.2) is 4.98 Å².